The Morgan fingerprint density at radius 3 is 2.52 bits per heavy atom. The van der Waals surface area contributed by atoms with Crippen molar-refractivity contribution in [2.24, 2.45) is 0 Å². The van der Waals surface area contributed by atoms with Crippen molar-refractivity contribution in [3.05, 3.63) is 65.5 Å². The molecule has 0 radical (unpaired) electrons. The third-order valence-electron chi connectivity index (χ3n) is 5.69. The number of rotatable bonds is 4. The van der Waals surface area contributed by atoms with Gasteiger partial charge in [0.15, 0.2) is 0 Å². The highest BCUT2D eigenvalue weighted by Crippen LogP contribution is 2.34. The molecule has 0 aliphatic carbocycles. The van der Waals surface area contributed by atoms with Gasteiger partial charge in [0.1, 0.15) is 11.2 Å². The molecule has 150 valence electrons. The maximum atomic E-state index is 12.8. The summed E-state index contributed by atoms with van der Waals surface area (Å²) in [5.41, 5.74) is 0.886. The van der Waals surface area contributed by atoms with Crippen LogP contribution in [-0.2, 0) is 17.9 Å². The number of pyridine rings is 1. The van der Waals surface area contributed by atoms with E-state index in [0.717, 1.165) is 5.56 Å². The van der Waals surface area contributed by atoms with Gasteiger partial charge >= 0.3 is 6.03 Å². The van der Waals surface area contributed by atoms with Gasteiger partial charge in [-0.25, -0.2) is 4.79 Å². The van der Waals surface area contributed by atoms with Crippen LogP contribution in [0.1, 0.15) is 34.5 Å². The third kappa shape index (κ3) is 3.47. The molecule has 29 heavy (non-hydrogen) atoms. The number of hydrogen-bond acceptors (Lipinski definition) is 5. The summed E-state index contributed by atoms with van der Waals surface area (Å²) in [7, 11) is 0. The predicted molar refractivity (Wildman–Crippen MR) is 104 cm³/mol. The fraction of sp³-hybridized carbons (Fsp3) is 0.333. The van der Waals surface area contributed by atoms with Crippen molar-refractivity contribution in [2.75, 3.05) is 13.1 Å². The van der Waals surface area contributed by atoms with Crippen LogP contribution in [0.3, 0.4) is 0 Å². The van der Waals surface area contributed by atoms with Crippen LogP contribution >= 0.6 is 0 Å². The Labute approximate surface area is 168 Å². The number of carbonyl (C=O) groups is 3. The second kappa shape index (κ2) is 7.63. The molecule has 2 aromatic rings. The largest absolute Gasteiger partial charge is 0.392 e. The Morgan fingerprint density at radius 2 is 1.83 bits per heavy atom. The summed E-state index contributed by atoms with van der Waals surface area (Å²) in [4.78, 5) is 45.3. The standard InChI is InChI=1S/C21H22N4O4/c26-14-16-6-9-22-17(12-16)18(27)24-10-7-21(8-11-24)19(28)23-20(29)25(21)13-15-4-2-1-3-5-15/h1-6,9,12,26H,7-8,10-11,13-14H2,(H,23,28,29). The van der Waals surface area contributed by atoms with Crippen molar-refractivity contribution in [1.82, 2.24) is 20.1 Å². The number of piperidine rings is 1. The number of aliphatic hydroxyl groups excluding tert-OH is 1. The van der Waals surface area contributed by atoms with E-state index >= 15 is 0 Å². The van der Waals surface area contributed by atoms with E-state index in [1.54, 1.807) is 21.9 Å². The van der Waals surface area contributed by atoms with E-state index in [1.165, 1.54) is 6.20 Å². The highest BCUT2D eigenvalue weighted by Gasteiger charge is 2.54. The Bertz CT molecular complexity index is 939. The summed E-state index contributed by atoms with van der Waals surface area (Å²) in [6.07, 6.45) is 2.22. The monoisotopic (exact) mass is 394 g/mol. The van der Waals surface area contributed by atoms with E-state index in [4.69, 9.17) is 0 Å². The van der Waals surface area contributed by atoms with Gasteiger partial charge in [-0.2, -0.15) is 0 Å². The number of urea groups is 1. The first kappa shape index (κ1) is 19.1. The first-order valence-electron chi connectivity index (χ1n) is 9.55. The average Bonchev–Trinajstić information content (AvgIpc) is 2.98. The molecule has 0 bridgehead atoms. The summed E-state index contributed by atoms with van der Waals surface area (Å²) in [6, 6.07) is 12.4. The summed E-state index contributed by atoms with van der Waals surface area (Å²) in [6.45, 7) is 0.862. The van der Waals surface area contributed by atoms with Gasteiger partial charge in [-0.3, -0.25) is 19.9 Å². The molecule has 2 aliphatic heterocycles. The highest BCUT2D eigenvalue weighted by atomic mass is 16.3. The molecule has 2 saturated heterocycles. The van der Waals surface area contributed by atoms with Gasteiger partial charge in [-0.15, -0.1) is 0 Å². The molecule has 4 rings (SSSR count). The Morgan fingerprint density at radius 1 is 1.10 bits per heavy atom. The molecule has 4 amide bonds. The maximum Gasteiger partial charge on any atom is 0.325 e. The van der Waals surface area contributed by atoms with E-state index < -0.39 is 11.6 Å². The van der Waals surface area contributed by atoms with Crippen molar-refractivity contribution in [1.29, 1.82) is 0 Å². The molecule has 1 spiro atoms. The Kier molecular flexibility index (Phi) is 5.02. The maximum absolute atomic E-state index is 12.8. The van der Waals surface area contributed by atoms with Crippen molar-refractivity contribution in [2.45, 2.75) is 31.5 Å². The molecule has 2 N–H and O–H groups in total. The van der Waals surface area contributed by atoms with Crippen LogP contribution in [0.25, 0.3) is 0 Å². The van der Waals surface area contributed by atoms with Crippen LogP contribution in [0.5, 0.6) is 0 Å². The summed E-state index contributed by atoms with van der Waals surface area (Å²) >= 11 is 0. The van der Waals surface area contributed by atoms with Crippen LogP contribution in [0, 0.1) is 0 Å². The van der Waals surface area contributed by atoms with Crippen LogP contribution < -0.4 is 5.32 Å². The predicted octanol–water partition coefficient (Wildman–Crippen LogP) is 1.30. The fourth-order valence-electron chi connectivity index (χ4n) is 4.02. The second-order valence-electron chi connectivity index (χ2n) is 7.36. The van der Waals surface area contributed by atoms with Crippen LogP contribution in [0.4, 0.5) is 4.79 Å². The van der Waals surface area contributed by atoms with Gasteiger partial charge in [0.25, 0.3) is 11.8 Å². The summed E-state index contributed by atoms with van der Waals surface area (Å²) in [5.74, 6) is -0.541. The number of aliphatic hydroxyl groups is 1. The van der Waals surface area contributed by atoms with E-state index in [-0.39, 0.29) is 24.1 Å². The molecular formula is C21H22N4O4. The number of imide groups is 1. The van der Waals surface area contributed by atoms with E-state index in [0.29, 0.717) is 38.0 Å². The molecule has 8 heteroatoms. The number of nitrogens with zero attached hydrogens (tertiary/aromatic N) is 3. The highest BCUT2D eigenvalue weighted by molar-refractivity contribution is 6.07. The number of nitrogens with one attached hydrogen (secondary N) is 1. The van der Waals surface area contributed by atoms with Gasteiger partial charge in [0.05, 0.1) is 6.61 Å². The number of carbonyl (C=O) groups excluding carboxylic acids is 3. The zero-order valence-corrected chi connectivity index (χ0v) is 15.9. The van der Waals surface area contributed by atoms with Gasteiger partial charge in [0.2, 0.25) is 0 Å². The Hall–Kier alpha value is -3.26. The van der Waals surface area contributed by atoms with Crippen molar-refractivity contribution in [3.63, 3.8) is 0 Å². The van der Waals surface area contributed by atoms with Gasteiger partial charge in [0, 0.05) is 25.8 Å². The topological polar surface area (TPSA) is 103 Å². The lowest BCUT2D eigenvalue weighted by Gasteiger charge is -2.42. The lowest BCUT2D eigenvalue weighted by Crippen LogP contribution is -2.57. The molecule has 2 fully saturated rings. The van der Waals surface area contributed by atoms with Crippen LogP contribution in [-0.4, -0.2) is 56.4 Å². The molecule has 1 aromatic heterocycles. The summed E-state index contributed by atoms with van der Waals surface area (Å²) in [5, 5.41) is 11.7. The average molecular weight is 394 g/mol. The van der Waals surface area contributed by atoms with Crippen LogP contribution in [0.15, 0.2) is 48.7 Å². The molecular weight excluding hydrogens is 372 g/mol. The number of likely N-dealkylation sites (tertiary alicyclic amines) is 1. The molecule has 3 heterocycles. The number of hydrogen-bond donors (Lipinski definition) is 2. The zero-order valence-electron chi connectivity index (χ0n) is 15.9. The lowest BCUT2D eigenvalue weighted by molar-refractivity contribution is -0.129. The first-order chi connectivity index (χ1) is 14.0. The van der Waals surface area contributed by atoms with Gasteiger partial charge in [-0.05, 0) is 36.1 Å². The summed E-state index contributed by atoms with van der Waals surface area (Å²) < 4.78 is 0. The Balaban J connectivity index is 1.50. The van der Waals surface area contributed by atoms with Crippen molar-refractivity contribution in [3.8, 4) is 0 Å². The zero-order chi connectivity index (χ0) is 20.4. The minimum atomic E-state index is -0.940. The van der Waals surface area contributed by atoms with Crippen molar-refractivity contribution >= 4 is 17.8 Å². The van der Waals surface area contributed by atoms with E-state index in [2.05, 4.69) is 10.3 Å². The fourth-order valence-corrected chi connectivity index (χ4v) is 4.02. The minimum Gasteiger partial charge on any atom is -0.392 e. The molecule has 8 nitrogen and oxygen atoms in total. The minimum absolute atomic E-state index is 0.164. The molecule has 0 unspecified atom stereocenters. The van der Waals surface area contributed by atoms with E-state index in [9.17, 15) is 19.5 Å². The van der Waals surface area contributed by atoms with Crippen LogP contribution in [0.2, 0.25) is 0 Å². The number of aromatic nitrogens is 1. The first-order valence-corrected chi connectivity index (χ1v) is 9.55. The normalized spacial score (nSPS) is 18.2. The molecule has 0 atom stereocenters. The van der Waals surface area contributed by atoms with Gasteiger partial charge in [-0.1, -0.05) is 30.3 Å². The van der Waals surface area contributed by atoms with Gasteiger partial charge < -0.3 is 14.9 Å². The SMILES string of the molecule is O=C(c1cc(CO)ccn1)N1CCC2(CC1)C(=O)NC(=O)N2Cc1ccccc1. The molecule has 0 saturated carbocycles. The molecule has 1 aromatic carbocycles. The third-order valence-corrected chi connectivity index (χ3v) is 5.69. The number of benzene rings is 1. The van der Waals surface area contributed by atoms with E-state index in [1.807, 2.05) is 30.3 Å². The smallest absolute Gasteiger partial charge is 0.325 e. The number of amides is 4. The quantitative estimate of drug-likeness (QED) is 0.761. The lowest BCUT2D eigenvalue weighted by atomic mass is 9.85. The molecule has 2 aliphatic rings. The second-order valence-corrected chi connectivity index (χ2v) is 7.36. The van der Waals surface area contributed by atoms with Crippen molar-refractivity contribution < 1.29 is 19.5 Å².